The van der Waals surface area contributed by atoms with E-state index in [1.165, 1.54) is 44.1 Å². The van der Waals surface area contributed by atoms with Crippen LogP contribution in [0.1, 0.15) is 51.0 Å². The number of para-hydroxylation sites is 1. The van der Waals surface area contributed by atoms with Gasteiger partial charge in [0.1, 0.15) is 5.75 Å². The van der Waals surface area contributed by atoms with Crippen molar-refractivity contribution in [1.82, 2.24) is 4.90 Å². The fourth-order valence-corrected chi connectivity index (χ4v) is 2.73. The van der Waals surface area contributed by atoms with Crippen LogP contribution in [-0.4, -0.2) is 31.6 Å². The summed E-state index contributed by atoms with van der Waals surface area (Å²) in [4.78, 5) is 2.36. The molecule has 1 aromatic rings. The van der Waals surface area contributed by atoms with Gasteiger partial charge in [0.05, 0.1) is 7.11 Å². The van der Waals surface area contributed by atoms with Crippen LogP contribution in [0.3, 0.4) is 0 Å². The van der Waals surface area contributed by atoms with Crippen LogP contribution in [0, 0.1) is 0 Å². The molecule has 0 aliphatic carbocycles. The first-order valence-corrected chi connectivity index (χ1v) is 8.25. The lowest BCUT2D eigenvalue weighted by molar-refractivity contribution is 0.220. The zero-order chi connectivity index (χ0) is 15.5. The predicted molar refractivity (Wildman–Crippen MR) is 90.7 cm³/mol. The Labute approximate surface area is 130 Å². The maximum atomic E-state index is 5.97. The first-order chi connectivity index (χ1) is 10.2. The molecule has 0 fully saturated rings. The Morgan fingerprint density at radius 3 is 2.52 bits per heavy atom. The molecule has 0 amide bonds. The van der Waals surface area contributed by atoms with E-state index >= 15 is 0 Å². The van der Waals surface area contributed by atoms with Crippen molar-refractivity contribution in [3.05, 3.63) is 29.8 Å². The van der Waals surface area contributed by atoms with E-state index in [1.54, 1.807) is 7.11 Å². The van der Waals surface area contributed by atoms with Crippen molar-refractivity contribution in [2.45, 2.75) is 58.0 Å². The number of hydrogen-bond donors (Lipinski definition) is 1. The van der Waals surface area contributed by atoms with Gasteiger partial charge in [0.25, 0.3) is 0 Å². The summed E-state index contributed by atoms with van der Waals surface area (Å²) < 4.78 is 5.43. The Bertz CT molecular complexity index is 381. The van der Waals surface area contributed by atoms with Gasteiger partial charge in [-0.2, -0.15) is 0 Å². The Morgan fingerprint density at radius 1 is 1.14 bits per heavy atom. The highest BCUT2D eigenvalue weighted by Gasteiger charge is 2.14. The van der Waals surface area contributed by atoms with Crippen molar-refractivity contribution in [2.75, 3.05) is 20.7 Å². The molecule has 3 nitrogen and oxygen atoms in total. The smallest absolute Gasteiger partial charge is 0.123 e. The Balaban J connectivity index is 2.45. The maximum Gasteiger partial charge on any atom is 0.123 e. The minimum atomic E-state index is 0.455. The molecule has 1 unspecified atom stereocenters. The van der Waals surface area contributed by atoms with E-state index in [9.17, 15) is 0 Å². The highest BCUT2D eigenvalue weighted by Crippen LogP contribution is 2.20. The second-order valence-corrected chi connectivity index (χ2v) is 5.82. The van der Waals surface area contributed by atoms with Crippen LogP contribution in [0.4, 0.5) is 0 Å². The molecule has 0 aliphatic heterocycles. The zero-order valence-electron chi connectivity index (χ0n) is 14.0. The SMILES string of the molecule is CCCCCCCC(CN)N(C)Cc1ccccc1OC. The van der Waals surface area contributed by atoms with Crippen molar-refractivity contribution in [1.29, 1.82) is 0 Å². The average Bonchev–Trinajstić information content (AvgIpc) is 2.51. The number of unbranched alkanes of at least 4 members (excludes halogenated alkanes) is 4. The molecular formula is C18H32N2O. The monoisotopic (exact) mass is 292 g/mol. The molecule has 3 heteroatoms. The zero-order valence-corrected chi connectivity index (χ0v) is 14.0. The van der Waals surface area contributed by atoms with Crippen LogP contribution < -0.4 is 10.5 Å². The number of likely N-dealkylation sites (N-methyl/N-ethyl adjacent to an activating group) is 1. The highest BCUT2D eigenvalue weighted by molar-refractivity contribution is 5.33. The predicted octanol–water partition coefficient (Wildman–Crippen LogP) is 3.81. The van der Waals surface area contributed by atoms with E-state index < -0.39 is 0 Å². The third-order valence-corrected chi connectivity index (χ3v) is 4.15. The van der Waals surface area contributed by atoms with Crippen LogP contribution in [0.25, 0.3) is 0 Å². The first kappa shape index (κ1) is 18.0. The van der Waals surface area contributed by atoms with Crippen LogP contribution in [0.2, 0.25) is 0 Å². The molecule has 120 valence electrons. The molecule has 1 atom stereocenters. The number of benzene rings is 1. The van der Waals surface area contributed by atoms with Crippen molar-refractivity contribution in [3.63, 3.8) is 0 Å². The van der Waals surface area contributed by atoms with Gasteiger partial charge in [-0.15, -0.1) is 0 Å². The van der Waals surface area contributed by atoms with E-state index in [0.717, 1.165) is 18.8 Å². The molecular weight excluding hydrogens is 260 g/mol. The second-order valence-electron chi connectivity index (χ2n) is 5.82. The number of ether oxygens (including phenoxy) is 1. The quantitative estimate of drug-likeness (QED) is 0.630. The van der Waals surface area contributed by atoms with Gasteiger partial charge in [-0.3, -0.25) is 4.90 Å². The fourth-order valence-electron chi connectivity index (χ4n) is 2.73. The molecule has 0 saturated heterocycles. The summed E-state index contributed by atoms with van der Waals surface area (Å²) in [6, 6.07) is 8.68. The largest absolute Gasteiger partial charge is 0.496 e. The molecule has 0 heterocycles. The molecule has 0 saturated carbocycles. The van der Waals surface area contributed by atoms with E-state index in [2.05, 4.69) is 31.0 Å². The molecule has 1 aromatic carbocycles. The third-order valence-electron chi connectivity index (χ3n) is 4.15. The maximum absolute atomic E-state index is 5.97. The van der Waals surface area contributed by atoms with Gasteiger partial charge >= 0.3 is 0 Å². The lowest BCUT2D eigenvalue weighted by Crippen LogP contribution is -2.37. The van der Waals surface area contributed by atoms with Gasteiger partial charge < -0.3 is 10.5 Å². The van der Waals surface area contributed by atoms with Crippen LogP contribution in [0.5, 0.6) is 5.75 Å². The van der Waals surface area contributed by atoms with Crippen LogP contribution in [-0.2, 0) is 6.54 Å². The molecule has 21 heavy (non-hydrogen) atoms. The number of hydrogen-bond acceptors (Lipinski definition) is 3. The Hall–Kier alpha value is -1.06. The third kappa shape index (κ3) is 6.49. The molecule has 0 bridgehead atoms. The normalized spacial score (nSPS) is 12.6. The van der Waals surface area contributed by atoms with Crippen molar-refractivity contribution in [2.24, 2.45) is 5.73 Å². The summed E-state index contributed by atoms with van der Waals surface area (Å²) in [5.41, 5.74) is 7.19. The Morgan fingerprint density at radius 2 is 1.86 bits per heavy atom. The number of methoxy groups -OCH3 is 1. The topological polar surface area (TPSA) is 38.5 Å². The average molecular weight is 292 g/mol. The second kappa shape index (κ2) is 10.6. The summed E-state index contributed by atoms with van der Waals surface area (Å²) in [6.45, 7) is 3.87. The van der Waals surface area contributed by atoms with Gasteiger partial charge in [-0.1, -0.05) is 57.2 Å². The highest BCUT2D eigenvalue weighted by atomic mass is 16.5. The minimum absolute atomic E-state index is 0.455. The summed E-state index contributed by atoms with van der Waals surface area (Å²) in [6.07, 6.45) is 7.79. The molecule has 0 aliphatic rings. The molecule has 0 radical (unpaired) electrons. The van der Waals surface area contributed by atoms with E-state index in [1.807, 2.05) is 12.1 Å². The van der Waals surface area contributed by atoms with E-state index in [-0.39, 0.29) is 0 Å². The minimum Gasteiger partial charge on any atom is -0.496 e. The Kier molecular flexibility index (Phi) is 9.11. The van der Waals surface area contributed by atoms with Gasteiger partial charge in [-0.25, -0.2) is 0 Å². The van der Waals surface area contributed by atoms with E-state index in [0.29, 0.717) is 6.04 Å². The first-order valence-electron chi connectivity index (χ1n) is 8.25. The summed E-state index contributed by atoms with van der Waals surface area (Å²) in [5, 5.41) is 0. The number of rotatable bonds is 11. The van der Waals surface area contributed by atoms with Crippen molar-refractivity contribution < 1.29 is 4.74 Å². The number of nitrogens with two attached hydrogens (primary N) is 1. The van der Waals surface area contributed by atoms with Gasteiger partial charge in [0.2, 0.25) is 0 Å². The van der Waals surface area contributed by atoms with Gasteiger partial charge in [0.15, 0.2) is 0 Å². The lowest BCUT2D eigenvalue weighted by Gasteiger charge is -2.27. The molecule has 2 N–H and O–H groups in total. The standard InChI is InChI=1S/C18H32N2O/c1-4-5-6-7-8-12-17(14-19)20(2)15-16-11-9-10-13-18(16)21-3/h9-11,13,17H,4-8,12,14-15,19H2,1-3H3. The van der Waals surface area contributed by atoms with E-state index in [4.69, 9.17) is 10.5 Å². The van der Waals surface area contributed by atoms with Crippen molar-refractivity contribution in [3.8, 4) is 5.75 Å². The molecule has 0 aromatic heterocycles. The molecule has 1 rings (SSSR count). The van der Waals surface area contributed by atoms with Crippen LogP contribution >= 0.6 is 0 Å². The van der Waals surface area contributed by atoms with Crippen LogP contribution in [0.15, 0.2) is 24.3 Å². The number of nitrogens with zero attached hydrogens (tertiary/aromatic N) is 1. The summed E-state index contributed by atoms with van der Waals surface area (Å²) >= 11 is 0. The summed E-state index contributed by atoms with van der Waals surface area (Å²) in [5.74, 6) is 0.961. The van der Waals surface area contributed by atoms with Gasteiger partial charge in [-0.05, 0) is 19.5 Å². The van der Waals surface area contributed by atoms with Crippen molar-refractivity contribution >= 4 is 0 Å². The van der Waals surface area contributed by atoms with Gasteiger partial charge in [0, 0.05) is 24.7 Å². The lowest BCUT2D eigenvalue weighted by atomic mass is 10.0. The summed E-state index contributed by atoms with van der Waals surface area (Å²) in [7, 11) is 3.89. The fraction of sp³-hybridized carbons (Fsp3) is 0.667. The molecule has 0 spiro atoms.